The maximum atomic E-state index is 11.8. The summed E-state index contributed by atoms with van der Waals surface area (Å²) in [4.78, 5) is 24.3. The second kappa shape index (κ2) is 4.80. The third kappa shape index (κ3) is 2.23. The average molecular weight is 247 g/mol. The molecule has 1 saturated heterocycles. The van der Waals surface area contributed by atoms with Gasteiger partial charge in [0.2, 0.25) is 5.91 Å². The van der Waals surface area contributed by atoms with E-state index in [9.17, 15) is 9.59 Å². The first-order valence-corrected chi connectivity index (χ1v) is 6.15. The highest BCUT2D eigenvalue weighted by Gasteiger charge is 2.36. The summed E-state index contributed by atoms with van der Waals surface area (Å²) in [5.74, 6) is -0.628. The molecule has 0 aromatic heterocycles. The van der Waals surface area contributed by atoms with Crippen LogP contribution >= 0.6 is 0 Å². The fraction of sp³-hybridized carbons (Fsp3) is 0.429. The molecule has 1 aliphatic heterocycles. The summed E-state index contributed by atoms with van der Waals surface area (Å²) in [6.45, 7) is 4.19. The Balaban J connectivity index is 2.29. The number of carbonyl (C=O) groups is 2. The fourth-order valence-corrected chi connectivity index (χ4v) is 2.26. The number of carboxylic acid groups (broad SMARTS) is 1. The second-order valence-corrected chi connectivity index (χ2v) is 4.90. The molecule has 0 aliphatic carbocycles. The molecule has 1 fully saturated rings. The Kier molecular flexibility index (Phi) is 3.36. The Bertz CT molecular complexity index is 464. The van der Waals surface area contributed by atoms with E-state index in [-0.39, 0.29) is 5.91 Å². The highest BCUT2D eigenvalue weighted by Crippen LogP contribution is 2.28. The minimum absolute atomic E-state index is 0.111. The summed E-state index contributed by atoms with van der Waals surface area (Å²) in [7, 11) is 0. The summed E-state index contributed by atoms with van der Waals surface area (Å²) in [5.41, 5.74) is 1.85. The van der Waals surface area contributed by atoms with Crippen molar-refractivity contribution < 1.29 is 14.7 Å². The molecule has 1 amide bonds. The van der Waals surface area contributed by atoms with Gasteiger partial charge in [0.25, 0.3) is 0 Å². The maximum absolute atomic E-state index is 11.8. The standard InChI is InChI=1S/C14H17NO3/c1-9(2)10-3-5-11(6-4-10)15-12(14(17)18)7-8-13(15)16/h3-6,9,12H,7-8H2,1-2H3,(H,17,18). The van der Waals surface area contributed by atoms with Crippen LogP contribution in [0.1, 0.15) is 38.2 Å². The lowest BCUT2D eigenvalue weighted by Crippen LogP contribution is -2.38. The minimum Gasteiger partial charge on any atom is -0.480 e. The molecule has 96 valence electrons. The van der Waals surface area contributed by atoms with E-state index in [1.54, 1.807) is 0 Å². The second-order valence-electron chi connectivity index (χ2n) is 4.90. The quantitative estimate of drug-likeness (QED) is 0.892. The van der Waals surface area contributed by atoms with Crippen molar-refractivity contribution >= 4 is 17.6 Å². The number of carbonyl (C=O) groups excluding carboxylic acids is 1. The molecule has 1 aromatic rings. The number of hydrogen-bond donors (Lipinski definition) is 1. The highest BCUT2D eigenvalue weighted by molar-refractivity contribution is 6.02. The zero-order valence-electron chi connectivity index (χ0n) is 10.6. The Morgan fingerprint density at radius 2 is 1.94 bits per heavy atom. The van der Waals surface area contributed by atoms with Crippen LogP contribution in [0.4, 0.5) is 5.69 Å². The molecular formula is C14H17NO3. The average Bonchev–Trinajstić information content (AvgIpc) is 2.71. The van der Waals surface area contributed by atoms with E-state index < -0.39 is 12.0 Å². The number of aliphatic carboxylic acids is 1. The molecule has 1 heterocycles. The number of amides is 1. The van der Waals surface area contributed by atoms with Crippen LogP contribution in [0, 0.1) is 0 Å². The molecule has 1 aliphatic rings. The smallest absolute Gasteiger partial charge is 0.326 e. The first-order chi connectivity index (χ1) is 8.50. The van der Waals surface area contributed by atoms with Crippen LogP contribution in [0.2, 0.25) is 0 Å². The molecule has 18 heavy (non-hydrogen) atoms. The van der Waals surface area contributed by atoms with Crippen LogP contribution in [0.25, 0.3) is 0 Å². The van der Waals surface area contributed by atoms with Crippen molar-refractivity contribution in [3.63, 3.8) is 0 Å². The molecule has 4 heteroatoms. The third-order valence-corrected chi connectivity index (χ3v) is 3.33. The first-order valence-electron chi connectivity index (χ1n) is 6.15. The van der Waals surface area contributed by atoms with Crippen molar-refractivity contribution in [2.75, 3.05) is 4.90 Å². The van der Waals surface area contributed by atoms with Gasteiger partial charge in [-0.1, -0.05) is 26.0 Å². The van der Waals surface area contributed by atoms with Gasteiger partial charge < -0.3 is 5.11 Å². The predicted molar refractivity (Wildman–Crippen MR) is 68.7 cm³/mol. The SMILES string of the molecule is CC(C)c1ccc(N2C(=O)CCC2C(=O)O)cc1. The molecule has 1 unspecified atom stereocenters. The van der Waals surface area contributed by atoms with Crippen LogP contribution in [-0.4, -0.2) is 23.0 Å². The van der Waals surface area contributed by atoms with E-state index in [1.165, 1.54) is 10.5 Å². The molecule has 0 bridgehead atoms. The van der Waals surface area contributed by atoms with Gasteiger partial charge in [-0.3, -0.25) is 9.69 Å². The topological polar surface area (TPSA) is 57.6 Å². The van der Waals surface area contributed by atoms with E-state index in [2.05, 4.69) is 13.8 Å². The van der Waals surface area contributed by atoms with E-state index >= 15 is 0 Å². The fourth-order valence-electron chi connectivity index (χ4n) is 2.26. The first kappa shape index (κ1) is 12.6. The molecule has 0 radical (unpaired) electrons. The molecule has 1 atom stereocenters. The van der Waals surface area contributed by atoms with E-state index in [1.807, 2.05) is 24.3 Å². The lowest BCUT2D eigenvalue weighted by Gasteiger charge is -2.22. The maximum Gasteiger partial charge on any atom is 0.326 e. The highest BCUT2D eigenvalue weighted by atomic mass is 16.4. The normalized spacial score (nSPS) is 19.6. The van der Waals surface area contributed by atoms with Gasteiger partial charge in [0, 0.05) is 12.1 Å². The molecule has 4 nitrogen and oxygen atoms in total. The lowest BCUT2D eigenvalue weighted by atomic mass is 10.0. The Labute approximate surface area is 106 Å². The number of rotatable bonds is 3. The van der Waals surface area contributed by atoms with Crippen molar-refractivity contribution in [1.82, 2.24) is 0 Å². The number of carboxylic acids is 1. The van der Waals surface area contributed by atoms with Gasteiger partial charge in [-0.05, 0) is 30.0 Å². The van der Waals surface area contributed by atoms with E-state index in [0.29, 0.717) is 24.4 Å². The van der Waals surface area contributed by atoms with Crippen LogP contribution < -0.4 is 4.90 Å². The summed E-state index contributed by atoms with van der Waals surface area (Å²) < 4.78 is 0. The van der Waals surface area contributed by atoms with Crippen LogP contribution in [0.5, 0.6) is 0 Å². The zero-order chi connectivity index (χ0) is 13.3. The van der Waals surface area contributed by atoms with Crippen molar-refractivity contribution in [1.29, 1.82) is 0 Å². The molecule has 1 N–H and O–H groups in total. The summed E-state index contributed by atoms with van der Waals surface area (Å²) >= 11 is 0. The summed E-state index contributed by atoms with van der Waals surface area (Å²) in [6, 6.07) is 6.83. The van der Waals surface area contributed by atoms with E-state index in [0.717, 1.165) is 0 Å². The zero-order valence-corrected chi connectivity index (χ0v) is 10.6. The van der Waals surface area contributed by atoms with Gasteiger partial charge in [-0.25, -0.2) is 4.79 Å². The van der Waals surface area contributed by atoms with Gasteiger partial charge in [-0.15, -0.1) is 0 Å². The van der Waals surface area contributed by atoms with E-state index in [4.69, 9.17) is 5.11 Å². The largest absolute Gasteiger partial charge is 0.480 e. The molecule has 1 aromatic carbocycles. The number of nitrogens with zero attached hydrogens (tertiary/aromatic N) is 1. The van der Waals surface area contributed by atoms with Gasteiger partial charge in [0.1, 0.15) is 6.04 Å². The molecule has 2 rings (SSSR count). The predicted octanol–water partition coefficient (Wildman–Crippen LogP) is 2.39. The Hall–Kier alpha value is -1.84. The summed E-state index contributed by atoms with van der Waals surface area (Å²) in [5, 5.41) is 9.11. The number of hydrogen-bond acceptors (Lipinski definition) is 2. The molecule has 0 saturated carbocycles. The van der Waals surface area contributed by atoms with Gasteiger partial charge in [0.15, 0.2) is 0 Å². The van der Waals surface area contributed by atoms with Crippen molar-refractivity contribution in [2.45, 2.75) is 38.6 Å². The third-order valence-electron chi connectivity index (χ3n) is 3.33. The van der Waals surface area contributed by atoms with Crippen molar-refractivity contribution in [3.8, 4) is 0 Å². The van der Waals surface area contributed by atoms with Crippen LogP contribution in [0.3, 0.4) is 0 Å². The number of anilines is 1. The molecule has 0 spiro atoms. The monoisotopic (exact) mass is 247 g/mol. The van der Waals surface area contributed by atoms with Crippen LogP contribution in [-0.2, 0) is 9.59 Å². The van der Waals surface area contributed by atoms with Gasteiger partial charge in [0.05, 0.1) is 0 Å². The minimum atomic E-state index is -0.936. The lowest BCUT2D eigenvalue weighted by molar-refractivity contribution is -0.138. The number of benzene rings is 1. The van der Waals surface area contributed by atoms with Crippen LogP contribution in [0.15, 0.2) is 24.3 Å². The Morgan fingerprint density at radius 1 is 1.33 bits per heavy atom. The Morgan fingerprint density at radius 3 is 2.44 bits per heavy atom. The summed E-state index contributed by atoms with van der Waals surface area (Å²) in [6.07, 6.45) is 0.697. The van der Waals surface area contributed by atoms with Gasteiger partial charge >= 0.3 is 5.97 Å². The van der Waals surface area contributed by atoms with Crippen molar-refractivity contribution in [3.05, 3.63) is 29.8 Å². The van der Waals surface area contributed by atoms with Gasteiger partial charge in [-0.2, -0.15) is 0 Å². The van der Waals surface area contributed by atoms with Crippen molar-refractivity contribution in [2.24, 2.45) is 0 Å². The molecular weight excluding hydrogens is 230 g/mol.